The van der Waals surface area contributed by atoms with Gasteiger partial charge in [-0.25, -0.2) is 0 Å². The second-order valence-electron chi connectivity index (χ2n) is 5.45. The van der Waals surface area contributed by atoms with E-state index in [-0.39, 0.29) is 36.1 Å². The maximum absolute atomic E-state index is 13.0. The van der Waals surface area contributed by atoms with Gasteiger partial charge in [0.25, 0.3) is 0 Å². The zero-order valence-corrected chi connectivity index (χ0v) is 14.7. The monoisotopic (exact) mass is 386 g/mol. The van der Waals surface area contributed by atoms with Gasteiger partial charge in [-0.1, -0.05) is 29.8 Å². The number of rotatable bonds is 7. The van der Waals surface area contributed by atoms with Crippen molar-refractivity contribution in [1.29, 1.82) is 0 Å². The second kappa shape index (κ2) is 8.80. The third-order valence-corrected chi connectivity index (χ3v) is 3.86. The molecule has 0 aliphatic carbocycles. The molecule has 0 atom stereocenters. The molecule has 2 rings (SSSR count). The van der Waals surface area contributed by atoms with Gasteiger partial charge in [0.2, 0.25) is 5.91 Å². The minimum atomic E-state index is -4.53. The van der Waals surface area contributed by atoms with Crippen LogP contribution in [-0.2, 0) is 17.5 Å². The molecule has 0 aliphatic rings. The molecule has 0 fully saturated rings. The molecule has 8 heteroatoms. The lowest BCUT2D eigenvalue weighted by Gasteiger charge is -2.15. The molecule has 0 saturated carbocycles. The quantitative estimate of drug-likeness (QED) is 0.737. The van der Waals surface area contributed by atoms with Crippen molar-refractivity contribution in [3.05, 3.63) is 58.6 Å². The van der Waals surface area contributed by atoms with Crippen LogP contribution in [0.15, 0.2) is 42.5 Å². The van der Waals surface area contributed by atoms with Crippen LogP contribution in [-0.4, -0.2) is 19.6 Å². The van der Waals surface area contributed by atoms with Crippen LogP contribution in [0.5, 0.6) is 5.75 Å². The highest BCUT2D eigenvalue weighted by Gasteiger charge is 2.33. The first-order valence-corrected chi connectivity index (χ1v) is 8.18. The zero-order chi connectivity index (χ0) is 19.2. The Labute approximate surface area is 154 Å². The van der Waals surface area contributed by atoms with E-state index in [1.807, 2.05) is 18.2 Å². The summed E-state index contributed by atoms with van der Waals surface area (Å²) in [7, 11) is 1.54. The van der Waals surface area contributed by atoms with Gasteiger partial charge in [0.05, 0.1) is 12.7 Å². The molecule has 0 saturated heterocycles. The predicted molar refractivity (Wildman–Crippen MR) is 94.4 cm³/mol. The lowest BCUT2D eigenvalue weighted by Crippen LogP contribution is -2.25. The summed E-state index contributed by atoms with van der Waals surface area (Å²) in [6.45, 7) is 0.333. The molecule has 0 radical (unpaired) electrons. The summed E-state index contributed by atoms with van der Waals surface area (Å²) in [5, 5.41) is 5.34. The van der Waals surface area contributed by atoms with E-state index in [4.69, 9.17) is 16.3 Å². The number of ether oxygens (including phenoxy) is 1. The van der Waals surface area contributed by atoms with Crippen molar-refractivity contribution in [1.82, 2.24) is 5.32 Å². The first-order valence-electron chi connectivity index (χ1n) is 7.80. The molecule has 0 bridgehead atoms. The van der Waals surface area contributed by atoms with E-state index in [2.05, 4.69) is 10.6 Å². The fraction of sp³-hybridized carbons (Fsp3) is 0.278. The molecule has 0 heterocycles. The summed E-state index contributed by atoms with van der Waals surface area (Å²) in [6, 6.07) is 10.7. The normalized spacial score (nSPS) is 11.1. The van der Waals surface area contributed by atoms with Crippen molar-refractivity contribution >= 4 is 23.2 Å². The molecular formula is C18H18ClF3N2O2. The summed E-state index contributed by atoms with van der Waals surface area (Å²) in [5.74, 6) is 0.368. The van der Waals surface area contributed by atoms with Crippen LogP contribution in [0.2, 0.25) is 5.02 Å². The van der Waals surface area contributed by atoms with Crippen LogP contribution in [0.25, 0.3) is 0 Å². The average Bonchev–Trinajstić information content (AvgIpc) is 2.60. The van der Waals surface area contributed by atoms with Gasteiger partial charge in [0.1, 0.15) is 5.75 Å². The van der Waals surface area contributed by atoms with E-state index in [0.29, 0.717) is 5.75 Å². The van der Waals surface area contributed by atoms with Gasteiger partial charge in [-0.3, -0.25) is 4.79 Å². The standard InChI is InChI=1S/C18H18ClF3N2O2/c1-26-16-5-3-2-4-12(16)11-24-17(25)8-9-23-15-7-6-13(19)10-14(15)18(20,21)22/h2-7,10,23H,8-9,11H2,1H3,(H,24,25). The third-order valence-electron chi connectivity index (χ3n) is 3.62. The van der Waals surface area contributed by atoms with Crippen molar-refractivity contribution in [2.75, 3.05) is 19.0 Å². The molecule has 0 aromatic heterocycles. The van der Waals surface area contributed by atoms with E-state index in [1.165, 1.54) is 19.2 Å². The Morgan fingerprint density at radius 1 is 1.19 bits per heavy atom. The molecule has 0 aliphatic heterocycles. The van der Waals surface area contributed by atoms with Crippen molar-refractivity contribution in [2.45, 2.75) is 19.1 Å². The highest BCUT2D eigenvalue weighted by molar-refractivity contribution is 6.30. The maximum Gasteiger partial charge on any atom is 0.418 e. The Balaban J connectivity index is 1.87. The topological polar surface area (TPSA) is 50.4 Å². The first-order chi connectivity index (χ1) is 12.3. The first kappa shape index (κ1) is 19.9. The number of para-hydroxylation sites is 1. The largest absolute Gasteiger partial charge is 0.496 e. The molecule has 2 aromatic carbocycles. The molecule has 0 unspecified atom stereocenters. The number of hydrogen-bond acceptors (Lipinski definition) is 3. The number of amides is 1. The Morgan fingerprint density at radius 3 is 2.62 bits per heavy atom. The highest BCUT2D eigenvalue weighted by Crippen LogP contribution is 2.36. The van der Waals surface area contributed by atoms with E-state index in [1.54, 1.807) is 6.07 Å². The van der Waals surface area contributed by atoms with Crippen molar-refractivity contribution < 1.29 is 22.7 Å². The van der Waals surface area contributed by atoms with Gasteiger partial charge < -0.3 is 15.4 Å². The Morgan fingerprint density at radius 2 is 1.92 bits per heavy atom. The zero-order valence-electron chi connectivity index (χ0n) is 14.0. The van der Waals surface area contributed by atoms with Gasteiger partial charge >= 0.3 is 6.18 Å². The summed E-state index contributed by atoms with van der Waals surface area (Å²) in [6.07, 6.45) is -4.51. The lowest BCUT2D eigenvalue weighted by atomic mass is 10.1. The molecule has 2 aromatic rings. The van der Waals surface area contributed by atoms with Crippen molar-refractivity contribution in [3.63, 3.8) is 0 Å². The number of benzene rings is 2. The van der Waals surface area contributed by atoms with Gasteiger partial charge in [0.15, 0.2) is 0 Å². The lowest BCUT2D eigenvalue weighted by molar-refractivity contribution is -0.137. The average molecular weight is 387 g/mol. The van der Waals surface area contributed by atoms with Crippen LogP contribution in [0.3, 0.4) is 0 Å². The van der Waals surface area contributed by atoms with Gasteiger partial charge in [-0.15, -0.1) is 0 Å². The minimum absolute atomic E-state index is 0.00238. The number of carbonyl (C=O) groups excluding carboxylic acids is 1. The third kappa shape index (κ3) is 5.56. The predicted octanol–water partition coefficient (Wildman–Crippen LogP) is 4.49. The van der Waals surface area contributed by atoms with Crippen LogP contribution >= 0.6 is 11.6 Å². The Hall–Kier alpha value is -2.41. The Bertz CT molecular complexity index is 766. The van der Waals surface area contributed by atoms with Crippen LogP contribution < -0.4 is 15.4 Å². The number of methoxy groups -OCH3 is 1. The number of anilines is 1. The maximum atomic E-state index is 13.0. The van der Waals surface area contributed by atoms with Crippen molar-refractivity contribution in [2.24, 2.45) is 0 Å². The van der Waals surface area contributed by atoms with Gasteiger partial charge in [-0.2, -0.15) is 13.2 Å². The SMILES string of the molecule is COc1ccccc1CNC(=O)CCNc1ccc(Cl)cc1C(F)(F)F. The molecule has 140 valence electrons. The highest BCUT2D eigenvalue weighted by atomic mass is 35.5. The van der Waals surface area contributed by atoms with Gasteiger partial charge in [0, 0.05) is 35.8 Å². The molecule has 2 N–H and O–H groups in total. The van der Waals surface area contributed by atoms with Crippen LogP contribution in [0.1, 0.15) is 17.5 Å². The summed E-state index contributed by atoms with van der Waals surface area (Å²) in [4.78, 5) is 11.9. The number of hydrogen-bond donors (Lipinski definition) is 2. The molecule has 0 spiro atoms. The summed E-state index contributed by atoms with van der Waals surface area (Å²) in [5.41, 5.74) is -0.160. The van der Waals surface area contributed by atoms with Gasteiger partial charge in [-0.05, 0) is 24.3 Å². The van der Waals surface area contributed by atoms with E-state index in [9.17, 15) is 18.0 Å². The summed E-state index contributed by atoms with van der Waals surface area (Å²) < 4.78 is 44.2. The van der Waals surface area contributed by atoms with Crippen LogP contribution in [0.4, 0.5) is 18.9 Å². The number of carbonyl (C=O) groups is 1. The fourth-order valence-corrected chi connectivity index (χ4v) is 2.52. The van der Waals surface area contributed by atoms with Crippen LogP contribution in [0, 0.1) is 0 Å². The fourth-order valence-electron chi connectivity index (χ4n) is 2.35. The second-order valence-corrected chi connectivity index (χ2v) is 5.89. The van der Waals surface area contributed by atoms with E-state index >= 15 is 0 Å². The molecule has 26 heavy (non-hydrogen) atoms. The summed E-state index contributed by atoms with van der Waals surface area (Å²) >= 11 is 5.63. The Kier molecular flexibility index (Phi) is 6.74. The smallest absolute Gasteiger partial charge is 0.418 e. The molecule has 4 nitrogen and oxygen atoms in total. The van der Waals surface area contributed by atoms with Crippen molar-refractivity contribution in [3.8, 4) is 5.75 Å². The number of halogens is 4. The minimum Gasteiger partial charge on any atom is -0.496 e. The number of alkyl halides is 3. The van der Waals surface area contributed by atoms with E-state index < -0.39 is 11.7 Å². The number of nitrogens with one attached hydrogen (secondary N) is 2. The molecule has 1 amide bonds. The van der Waals surface area contributed by atoms with E-state index in [0.717, 1.165) is 11.6 Å². The molecular weight excluding hydrogens is 369 g/mol.